The minimum atomic E-state index is 0.682. The molecule has 10 aromatic rings. The lowest BCUT2D eigenvalue weighted by Gasteiger charge is -2.16. The number of benzene rings is 8. The van der Waals surface area contributed by atoms with Crippen LogP contribution in [-0.4, -0.2) is 15.0 Å². The highest BCUT2D eigenvalue weighted by Crippen LogP contribution is 2.40. The Morgan fingerprint density at radius 3 is 1.60 bits per heavy atom. The van der Waals surface area contributed by atoms with Gasteiger partial charge in [-0.25, -0.2) is 9.97 Å². The van der Waals surface area contributed by atoms with Crippen LogP contribution in [0, 0.1) is 20.8 Å². The minimum Gasteiger partial charge on any atom is -0.260 e. The maximum atomic E-state index is 5.32. The third kappa shape index (κ3) is 6.43. The number of nitrogens with zero attached hydrogens (tertiary/aromatic N) is 3. The Labute approximate surface area is 333 Å². The van der Waals surface area contributed by atoms with Crippen LogP contribution in [0.15, 0.2) is 182 Å². The topological polar surface area (TPSA) is 38.7 Å². The normalized spacial score (nSPS) is 11.4. The largest absolute Gasteiger partial charge is 0.260 e. The predicted molar refractivity (Wildman–Crippen MR) is 239 cm³/mol. The first-order chi connectivity index (χ1) is 27.9. The number of rotatable bonds is 6. The molecule has 2 heterocycles. The first-order valence-corrected chi connectivity index (χ1v) is 19.5. The Bertz CT molecular complexity index is 3080. The summed E-state index contributed by atoms with van der Waals surface area (Å²) in [7, 11) is 0. The van der Waals surface area contributed by atoms with Gasteiger partial charge in [-0.15, -0.1) is 0 Å². The van der Waals surface area contributed by atoms with Crippen LogP contribution in [0.1, 0.15) is 16.8 Å². The molecule has 0 fully saturated rings. The lowest BCUT2D eigenvalue weighted by atomic mass is 9.89. The molecule has 2 aromatic heterocycles. The highest BCUT2D eigenvalue weighted by atomic mass is 14.9. The third-order valence-electron chi connectivity index (χ3n) is 11.2. The zero-order valence-corrected chi connectivity index (χ0v) is 32.2. The molecule has 0 aliphatic rings. The first kappa shape index (κ1) is 34.3. The van der Waals surface area contributed by atoms with Gasteiger partial charge in [-0.3, -0.25) is 4.98 Å². The predicted octanol–water partition coefficient (Wildman–Crippen LogP) is 14.3. The number of aryl methyl sites for hydroxylation is 3. The van der Waals surface area contributed by atoms with Gasteiger partial charge in [-0.05, 0) is 112 Å². The van der Waals surface area contributed by atoms with Crippen molar-refractivity contribution in [1.29, 1.82) is 0 Å². The van der Waals surface area contributed by atoms with Crippen LogP contribution < -0.4 is 0 Å². The van der Waals surface area contributed by atoms with Crippen molar-refractivity contribution in [2.75, 3.05) is 0 Å². The number of hydrogen-bond donors (Lipinski definition) is 0. The van der Waals surface area contributed by atoms with Crippen molar-refractivity contribution in [3.8, 4) is 67.3 Å². The molecule has 3 heteroatoms. The quantitative estimate of drug-likeness (QED) is 0.160. The van der Waals surface area contributed by atoms with Gasteiger partial charge >= 0.3 is 0 Å². The molecule has 0 amide bonds. The summed E-state index contributed by atoms with van der Waals surface area (Å²) in [5, 5.41) is 7.23. The van der Waals surface area contributed by atoms with Gasteiger partial charge in [0.25, 0.3) is 0 Å². The Kier molecular flexibility index (Phi) is 8.49. The molecule has 0 aliphatic heterocycles. The lowest BCUT2D eigenvalue weighted by Crippen LogP contribution is -1.97. The molecule has 0 saturated carbocycles. The molecule has 8 aromatic carbocycles. The van der Waals surface area contributed by atoms with E-state index < -0.39 is 0 Å². The Morgan fingerprint density at radius 1 is 0.351 bits per heavy atom. The average Bonchev–Trinajstić information content (AvgIpc) is 3.26. The molecule has 0 N–H and O–H groups in total. The molecule has 0 aliphatic carbocycles. The van der Waals surface area contributed by atoms with Gasteiger partial charge in [0.1, 0.15) is 0 Å². The van der Waals surface area contributed by atoms with Crippen molar-refractivity contribution in [1.82, 2.24) is 15.0 Å². The molecular weight excluding hydrogens is 691 g/mol. The van der Waals surface area contributed by atoms with Gasteiger partial charge in [0.2, 0.25) is 0 Å². The Morgan fingerprint density at radius 2 is 0.895 bits per heavy atom. The maximum Gasteiger partial charge on any atom is 0.160 e. The van der Waals surface area contributed by atoms with Gasteiger partial charge in [0.15, 0.2) is 5.82 Å². The zero-order valence-electron chi connectivity index (χ0n) is 32.2. The summed E-state index contributed by atoms with van der Waals surface area (Å²) in [5.41, 5.74) is 15.1. The van der Waals surface area contributed by atoms with Crippen molar-refractivity contribution >= 4 is 32.3 Å². The van der Waals surface area contributed by atoms with Crippen molar-refractivity contribution in [3.63, 3.8) is 0 Å². The second kappa shape index (κ2) is 14.1. The third-order valence-corrected chi connectivity index (χ3v) is 11.2. The summed E-state index contributed by atoms with van der Waals surface area (Å²) in [5.74, 6) is 0.682. The minimum absolute atomic E-state index is 0.682. The molecular formula is C54H39N3. The second-order valence-electron chi connectivity index (χ2n) is 15.1. The fourth-order valence-electron chi connectivity index (χ4n) is 8.17. The van der Waals surface area contributed by atoms with E-state index in [1.165, 1.54) is 43.6 Å². The van der Waals surface area contributed by atoms with E-state index in [2.05, 4.69) is 197 Å². The standard InChI is InChI=1S/C54H39N3/c1-34-19-23-37(24-20-34)51-32-52(38-25-21-35(2)22-26-38)57-54(56-51)45-29-43(39-13-10-14-41(27-39)53-36(3)55-33-42-12-5-7-16-47(42)53)28-44(30-45)50-31-40-11-4-6-15-46(40)48-17-8-9-18-49(48)50/h4-33H,1-3H3. The van der Waals surface area contributed by atoms with Crippen LogP contribution in [0.25, 0.3) is 99.6 Å². The number of pyridine rings is 1. The van der Waals surface area contributed by atoms with E-state index >= 15 is 0 Å². The molecule has 0 radical (unpaired) electrons. The van der Waals surface area contributed by atoms with E-state index in [1.807, 2.05) is 6.20 Å². The van der Waals surface area contributed by atoms with E-state index in [0.29, 0.717) is 5.82 Å². The van der Waals surface area contributed by atoms with Crippen LogP contribution >= 0.6 is 0 Å². The molecule has 0 atom stereocenters. The smallest absolute Gasteiger partial charge is 0.160 e. The number of aromatic nitrogens is 3. The fraction of sp³-hybridized carbons (Fsp3) is 0.0556. The van der Waals surface area contributed by atoms with Gasteiger partial charge < -0.3 is 0 Å². The maximum absolute atomic E-state index is 5.32. The molecule has 57 heavy (non-hydrogen) atoms. The number of hydrogen-bond acceptors (Lipinski definition) is 3. The Balaban J connectivity index is 1.23. The SMILES string of the molecule is Cc1ccc(-c2cc(-c3ccc(C)cc3)nc(-c3cc(-c4cccc(-c5c(C)ncc6ccccc56)c4)cc(-c4cc5ccccc5c5ccccc45)c3)n2)cc1. The van der Waals surface area contributed by atoms with Crippen LogP contribution in [0.5, 0.6) is 0 Å². The van der Waals surface area contributed by atoms with Crippen LogP contribution in [0.4, 0.5) is 0 Å². The van der Waals surface area contributed by atoms with Gasteiger partial charge in [-0.1, -0.05) is 151 Å². The molecule has 270 valence electrons. The molecule has 0 unspecified atom stereocenters. The summed E-state index contributed by atoms with van der Waals surface area (Å²) in [6.07, 6.45) is 1.97. The Hall–Kier alpha value is -7.23. The molecule has 10 rings (SSSR count). The summed E-state index contributed by atoms with van der Waals surface area (Å²) >= 11 is 0. The van der Waals surface area contributed by atoms with Crippen molar-refractivity contribution in [2.24, 2.45) is 0 Å². The van der Waals surface area contributed by atoms with Gasteiger partial charge in [0.05, 0.1) is 11.4 Å². The van der Waals surface area contributed by atoms with Crippen LogP contribution in [0.2, 0.25) is 0 Å². The average molecular weight is 730 g/mol. The zero-order chi connectivity index (χ0) is 38.5. The molecule has 0 bridgehead atoms. The van der Waals surface area contributed by atoms with E-state index in [0.717, 1.165) is 67.0 Å². The summed E-state index contributed by atoms with van der Waals surface area (Å²) in [6, 6.07) is 63.3. The highest BCUT2D eigenvalue weighted by Gasteiger charge is 2.17. The summed E-state index contributed by atoms with van der Waals surface area (Å²) < 4.78 is 0. The van der Waals surface area contributed by atoms with E-state index in [9.17, 15) is 0 Å². The first-order valence-electron chi connectivity index (χ1n) is 19.5. The second-order valence-corrected chi connectivity index (χ2v) is 15.1. The van der Waals surface area contributed by atoms with E-state index in [-0.39, 0.29) is 0 Å². The number of fused-ring (bicyclic) bond motifs is 4. The van der Waals surface area contributed by atoms with Crippen LogP contribution in [0.3, 0.4) is 0 Å². The van der Waals surface area contributed by atoms with Crippen molar-refractivity contribution < 1.29 is 0 Å². The summed E-state index contributed by atoms with van der Waals surface area (Å²) in [6.45, 7) is 6.33. The monoisotopic (exact) mass is 729 g/mol. The van der Waals surface area contributed by atoms with Crippen molar-refractivity contribution in [3.05, 3.63) is 199 Å². The van der Waals surface area contributed by atoms with Gasteiger partial charge in [-0.2, -0.15) is 0 Å². The van der Waals surface area contributed by atoms with Gasteiger partial charge in [0, 0.05) is 39.5 Å². The lowest BCUT2D eigenvalue weighted by molar-refractivity contribution is 1.18. The van der Waals surface area contributed by atoms with E-state index in [4.69, 9.17) is 15.0 Å². The molecule has 0 spiro atoms. The molecule has 0 saturated heterocycles. The van der Waals surface area contributed by atoms with E-state index in [1.54, 1.807) is 0 Å². The summed E-state index contributed by atoms with van der Waals surface area (Å²) in [4.78, 5) is 15.4. The highest BCUT2D eigenvalue weighted by molar-refractivity contribution is 6.14. The fourth-order valence-corrected chi connectivity index (χ4v) is 8.17. The van der Waals surface area contributed by atoms with Crippen LogP contribution in [-0.2, 0) is 0 Å². The van der Waals surface area contributed by atoms with Crippen molar-refractivity contribution in [2.45, 2.75) is 20.8 Å². The molecule has 3 nitrogen and oxygen atoms in total.